The Morgan fingerprint density at radius 2 is 1.59 bits per heavy atom. The SMILES string of the molecule is CCCCN1CCC(OCCCN(CC)CC)(n2cnc3ccccc32)CC1OCCCN(CC)CC. The quantitative estimate of drug-likeness (QED) is 0.248. The van der Waals surface area contributed by atoms with E-state index in [9.17, 15) is 0 Å². The average molecular weight is 516 g/mol. The van der Waals surface area contributed by atoms with Crippen molar-refractivity contribution < 1.29 is 9.47 Å². The Kier molecular flexibility index (Phi) is 12.8. The van der Waals surface area contributed by atoms with Gasteiger partial charge in [0.2, 0.25) is 0 Å². The molecule has 2 aromatic rings. The first-order valence-corrected chi connectivity index (χ1v) is 15.0. The van der Waals surface area contributed by atoms with Crippen LogP contribution >= 0.6 is 0 Å². The molecule has 1 aromatic carbocycles. The van der Waals surface area contributed by atoms with Crippen molar-refractivity contribution in [2.75, 3.05) is 65.6 Å². The lowest BCUT2D eigenvalue weighted by atomic mass is 9.97. The fourth-order valence-electron chi connectivity index (χ4n) is 5.59. The molecule has 3 rings (SSSR count). The summed E-state index contributed by atoms with van der Waals surface area (Å²) in [5.74, 6) is 0. The third-order valence-corrected chi connectivity index (χ3v) is 8.09. The molecule has 1 fully saturated rings. The van der Waals surface area contributed by atoms with Crippen molar-refractivity contribution in [3.8, 4) is 0 Å². The lowest BCUT2D eigenvalue weighted by Gasteiger charge is -2.47. The molecule has 1 saturated heterocycles. The molecule has 7 nitrogen and oxygen atoms in total. The lowest BCUT2D eigenvalue weighted by Crippen LogP contribution is -2.54. The van der Waals surface area contributed by atoms with E-state index in [0.717, 1.165) is 102 Å². The van der Waals surface area contributed by atoms with Crippen molar-refractivity contribution in [2.24, 2.45) is 0 Å². The zero-order chi connectivity index (χ0) is 26.5. The Morgan fingerprint density at radius 1 is 0.919 bits per heavy atom. The normalized spacial score (nSPS) is 21.0. The standard InChI is InChI=1S/C30H53N5O2/c1-6-11-21-34-22-18-30(37-24-15-20-33(9-4)10-5,35-26-31-27-16-12-13-17-28(27)35)25-29(34)36-23-14-19-32(7-2)8-3/h12-13,16-17,26,29H,6-11,14-15,18-25H2,1-5H3. The van der Waals surface area contributed by atoms with Crippen molar-refractivity contribution >= 4 is 11.0 Å². The molecule has 1 aromatic heterocycles. The fraction of sp³-hybridized carbons (Fsp3) is 0.767. The van der Waals surface area contributed by atoms with Crippen LogP contribution in [0.5, 0.6) is 0 Å². The molecule has 7 heteroatoms. The minimum Gasteiger partial charge on any atom is -0.363 e. The molecule has 37 heavy (non-hydrogen) atoms. The number of benzene rings is 1. The van der Waals surface area contributed by atoms with Crippen LogP contribution in [0.3, 0.4) is 0 Å². The molecule has 0 spiro atoms. The minimum absolute atomic E-state index is 0.0564. The van der Waals surface area contributed by atoms with Crippen LogP contribution in [0.25, 0.3) is 11.0 Å². The third kappa shape index (κ3) is 8.24. The zero-order valence-electron chi connectivity index (χ0n) is 24.3. The first-order chi connectivity index (χ1) is 18.1. The van der Waals surface area contributed by atoms with Gasteiger partial charge >= 0.3 is 0 Å². The number of ether oxygens (including phenoxy) is 2. The second-order valence-electron chi connectivity index (χ2n) is 10.3. The van der Waals surface area contributed by atoms with Crippen molar-refractivity contribution in [2.45, 2.75) is 85.1 Å². The zero-order valence-corrected chi connectivity index (χ0v) is 24.3. The Bertz CT molecular complexity index is 882. The van der Waals surface area contributed by atoms with Gasteiger partial charge in [0.15, 0.2) is 5.72 Å². The summed E-state index contributed by atoms with van der Waals surface area (Å²) in [5.41, 5.74) is 1.73. The van der Waals surface area contributed by atoms with Crippen LogP contribution < -0.4 is 0 Å². The highest BCUT2D eigenvalue weighted by atomic mass is 16.5. The molecule has 0 radical (unpaired) electrons. The minimum atomic E-state index is -0.439. The molecule has 1 aliphatic rings. The van der Waals surface area contributed by atoms with Gasteiger partial charge in [-0.05, 0) is 57.6 Å². The van der Waals surface area contributed by atoms with E-state index < -0.39 is 5.72 Å². The van der Waals surface area contributed by atoms with Gasteiger partial charge in [-0.3, -0.25) is 4.90 Å². The van der Waals surface area contributed by atoms with Crippen LogP contribution in [0.4, 0.5) is 0 Å². The van der Waals surface area contributed by atoms with Gasteiger partial charge in [-0.1, -0.05) is 53.2 Å². The van der Waals surface area contributed by atoms with Gasteiger partial charge < -0.3 is 23.8 Å². The van der Waals surface area contributed by atoms with E-state index >= 15 is 0 Å². The van der Waals surface area contributed by atoms with Crippen LogP contribution in [0, 0.1) is 0 Å². The Balaban J connectivity index is 1.78. The number of nitrogens with zero attached hydrogens (tertiary/aromatic N) is 5. The molecule has 2 unspecified atom stereocenters. The molecule has 0 N–H and O–H groups in total. The number of fused-ring (bicyclic) bond motifs is 1. The van der Waals surface area contributed by atoms with Crippen LogP contribution in [0.15, 0.2) is 30.6 Å². The third-order valence-electron chi connectivity index (χ3n) is 8.09. The predicted molar refractivity (Wildman–Crippen MR) is 154 cm³/mol. The van der Waals surface area contributed by atoms with E-state index in [4.69, 9.17) is 14.5 Å². The van der Waals surface area contributed by atoms with Gasteiger partial charge in [-0.2, -0.15) is 0 Å². The van der Waals surface area contributed by atoms with Gasteiger partial charge in [0.25, 0.3) is 0 Å². The summed E-state index contributed by atoms with van der Waals surface area (Å²) in [6.45, 7) is 21.3. The maximum absolute atomic E-state index is 6.91. The number of imidazole rings is 1. The second kappa shape index (κ2) is 15.8. The van der Waals surface area contributed by atoms with Gasteiger partial charge in [0.05, 0.1) is 24.0 Å². The van der Waals surface area contributed by atoms with Gasteiger partial charge in [0.1, 0.15) is 6.23 Å². The van der Waals surface area contributed by atoms with Gasteiger partial charge in [-0.25, -0.2) is 4.98 Å². The number of aromatic nitrogens is 2. The maximum Gasteiger partial charge on any atom is 0.151 e. The lowest BCUT2D eigenvalue weighted by molar-refractivity contribution is -0.202. The Hall–Kier alpha value is -1.51. The summed E-state index contributed by atoms with van der Waals surface area (Å²) in [5, 5.41) is 0. The monoisotopic (exact) mass is 515 g/mol. The fourth-order valence-corrected chi connectivity index (χ4v) is 5.59. The number of rotatable bonds is 18. The molecule has 0 aliphatic carbocycles. The van der Waals surface area contributed by atoms with E-state index in [1.807, 2.05) is 6.33 Å². The molecule has 0 amide bonds. The molecule has 1 aliphatic heterocycles. The van der Waals surface area contributed by atoms with Crippen LogP contribution in [-0.4, -0.2) is 96.1 Å². The van der Waals surface area contributed by atoms with Crippen molar-refractivity contribution in [1.29, 1.82) is 0 Å². The first-order valence-electron chi connectivity index (χ1n) is 15.0. The molecule has 0 saturated carbocycles. The number of likely N-dealkylation sites (tertiary alicyclic amines) is 1. The molecular weight excluding hydrogens is 462 g/mol. The Morgan fingerprint density at radius 3 is 2.27 bits per heavy atom. The number of hydrogen-bond donors (Lipinski definition) is 0. The first kappa shape index (κ1) is 30.0. The van der Waals surface area contributed by atoms with Crippen molar-refractivity contribution in [3.05, 3.63) is 30.6 Å². The Labute approximate surface area is 226 Å². The summed E-state index contributed by atoms with van der Waals surface area (Å²) in [4.78, 5) is 12.2. The summed E-state index contributed by atoms with van der Waals surface area (Å²) >= 11 is 0. The van der Waals surface area contributed by atoms with E-state index in [2.05, 4.69) is 78.2 Å². The number of piperidine rings is 1. The van der Waals surface area contributed by atoms with Crippen molar-refractivity contribution in [1.82, 2.24) is 24.3 Å². The van der Waals surface area contributed by atoms with E-state index in [-0.39, 0.29) is 6.23 Å². The maximum atomic E-state index is 6.91. The summed E-state index contributed by atoms with van der Waals surface area (Å²) < 4.78 is 15.9. The molecular formula is C30H53N5O2. The van der Waals surface area contributed by atoms with Crippen molar-refractivity contribution in [3.63, 3.8) is 0 Å². The van der Waals surface area contributed by atoms with Crippen LogP contribution in [0.2, 0.25) is 0 Å². The highest BCUT2D eigenvalue weighted by Gasteiger charge is 2.43. The number of unbranched alkanes of at least 4 members (excludes halogenated alkanes) is 1. The van der Waals surface area contributed by atoms with Crippen LogP contribution in [-0.2, 0) is 15.2 Å². The number of para-hydroxylation sites is 2. The van der Waals surface area contributed by atoms with Crippen LogP contribution in [0.1, 0.15) is 73.1 Å². The van der Waals surface area contributed by atoms with Gasteiger partial charge in [0, 0.05) is 45.6 Å². The van der Waals surface area contributed by atoms with E-state index in [0.29, 0.717) is 0 Å². The number of hydrogen-bond acceptors (Lipinski definition) is 6. The largest absolute Gasteiger partial charge is 0.363 e. The topological polar surface area (TPSA) is 46.0 Å². The summed E-state index contributed by atoms with van der Waals surface area (Å²) in [6, 6.07) is 8.43. The summed E-state index contributed by atoms with van der Waals surface area (Å²) in [6.07, 6.45) is 8.32. The average Bonchev–Trinajstić information content (AvgIpc) is 3.38. The summed E-state index contributed by atoms with van der Waals surface area (Å²) in [7, 11) is 0. The smallest absolute Gasteiger partial charge is 0.151 e. The second-order valence-corrected chi connectivity index (χ2v) is 10.3. The van der Waals surface area contributed by atoms with E-state index in [1.165, 1.54) is 12.8 Å². The molecule has 0 bridgehead atoms. The molecule has 210 valence electrons. The highest BCUT2D eigenvalue weighted by Crippen LogP contribution is 2.38. The molecule has 2 atom stereocenters. The van der Waals surface area contributed by atoms with Gasteiger partial charge in [-0.15, -0.1) is 0 Å². The highest BCUT2D eigenvalue weighted by molar-refractivity contribution is 5.75. The van der Waals surface area contributed by atoms with E-state index in [1.54, 1.807) is 0 Å². The molecule has 2 heterocycles. The predicted octanol–water partition coefficient (Wildman–Crippen LogP) is 5.41.